The minimum Gasteiger partial charge on any atom is -0.497 e. The average molecular weight is 326 g/mol. The number of methoxy groups -OCH3 is 1. The number of hydrogen-bond acceptors (Lipinski definition) is 3. The lowest BCUT2D eigenvalue weighted by Gasteiger charge is -2.52. The number of nitrogens with zero attached hydrogens (tertiary/aromatic N) is 1. The van der Waals surface area contributed by atoms with E-state index < -0.39 is 0 Å². The molecule has 3 aliphatic carbocycles. The summed E-state index contributed by atoms with van der Waals surface area (Å²) in [7, 11) is 1.71. The van der Waals surface area contributed by atoms with Crippen LogP contribution in [-0.4, -0.2) is 17.8 Å². The molecule has 1 heterocycles. The van der Waals surface area contributed by atoms with E-state index in [1.165, 1.54) is 31.2 Å². The maximum atomic E-state index is 5.52. The molecule has 1 aromatic rings. The first kappa shape index (κ1) is 14.0. The van der Waals surface area contributed by atoms with Crippen LogP contribution in [0.4, 0.5) is 0 Å². The van der Waals surface area contributed by atoms with Crippen molar-refractivity contribution in [2.75, 3.05) is 7.11 Å². The van der Waals surface area contributed by atoms with Crippen molar-refractivity contribution < 1.29 is 4.74 Å². The first-order valence-electron chi connectivity index (χ1n) is 8.62. The van der Waals surface area contributed by atoms with Gasteiger partial charge in [-0.15, -0.1) is 0 Å². The molecule has 1 aliphatic heterocycles. The highest BCUT2D eigenvalue weighted by molar-refractivity contribution is 7.82. The largest absolute Gasteiger partial charge is 0.497 e. The van der Waals surface area contributed by atoms with Crippen LogP contribution < -0.4 is 10.1 Å². The molecular weight excluding hydrogens is 304 g/mol. The third-order valence-electron chi connectivity index (χ3n) is 6.97. The van der Waals surface area contributed by atoms with Crippen molar-refractivity contribution in [3.05, 3.63) is 29.8 Å². The molecular formula is C19H22N2OS. The highest BCUT2D eigenvalue weighted by Gasteiger charge is 2.74. The fourth-order valence-electron chi connectivity index (χ4n) is 5.72. The van der Waals surface area contributed by atoms with Gasteiger partial charge in [0.2, 0.25) is 0 Å². The Bertz CT molecular complexity index is 725. The van der Waals surface area contributed by atoms with E-state index in [0.717, 1.165) is 28.3 Å². The number of thiocarbonyl (C=S) groups is 1. The zero-order chi connectivity index (χ0) is 15.8. The molecule has 0 saturated heterocycles. The van der Waals surface area contributed by atoms with Gasteiger partial charge in [0.15, 0.2) is 5.66 Å². The van der Waals surface area contributed by atoms with Crippen molar-refractivity contribution in [3.8, 4) is 5.75 Å². The maximum absolute atomic E-state index is 5.52. The Hall–Kier alpha value is -1.42. The van der Waals surface area contributed by atoms with Gasteiger partial charge in [-0.05, 0) is 62.0 Å². The van der Waals surface area contributed by atoms with Crippen molar-refractivity contribution in [2.45, 2.75) is 38.3 Å². The average Bonchev–Trinajstić information content (AvgIpc) is 3.13. The molecule has 0 aromatic heterocycles. The predicted octanol–water partition coefficient (Wildman–Crippen LogP) is 3.68. The van der Waals surface area contributed by atoms with Gasteiger partial charge in [-0.25, -0.2) is 0 Å². The zero-order valence-corrected chi connectivity index (χ0v) is 14.5. The van der Waals surface area contributed by atoms with Crippen LogP contribution >= 0.6 is 12.2 Å². The minimum absolute atomic E-state index is 0.346. The molecule has 5 atom stereocenters. The third kappa shape index (κ3) is 1.65. The number of aliphatic imine (C=N–C) groups is 1. The van der Waals surface area contributed by atoms with Crippen molar-refractivity contribution in [1.82, 2.24) is 5.32 Å². The fraction of sp³-hybridized carbons (Fsp3) is 0.579. The lowest BCUT2D eigenvalue weighted by Crippen LogP contribution is -2.55. The number of ether oxygens (including phenoxy) is 1. The van der Waals surface area contributed by atoms with E-state index in [9.17, 15) is 0 Å². The summed E-state index contributed by atoms with van der Waals surface area (Å²) in [6.45, 7) is 2.03. The summed E-state index contributed by atoms with van der Waals surface area (Å²) in [6, 6.07) is 8.38. The molecule has 4 heteroatoms. The minimum atomic E-state index is -0.346. The number of nitrogens with one attached hydrogen (secondary N) is 1. The summed E-state index contributed by atoms with van der Waals surface area (Å²) in [5, 5.41) is 3.61. The second kappa shape index (κ2) is 4.35. The van der Waals surface area contributed by atoms with Gasteiger partial charge in [0, 0.05) is 11.5 Å². The van der Waals surface area contributed by atoms with Crippen LogP contribution in [0.1, 0.15) is 38.2 Å². The molecule has 3 fully saturated rings. The van der Waals surface area contributed by atoms with Gasteiger partial charge in [0.1, 0.15) is 10.7 Å². The second-order valence-electron chi connectivity index (χ2n) is 7.77. The predicted molar refractivity (Wildman–Crippen MR) is 94.9 cm³/mol. The van der Waals surface area contributed by atoms with E-state index in [-0.39, 0.29) is 5.66 Å². The Morgan fingerprint density at radius 1 is 1.17 bits per heavy atom. The fourth-order valence-corrected chi connectivity index (χ4v) is 5.92. The summed E-state index contributed by atoms with van der Waals surface area (Å²) >= 11 is 5.52. The maximum Gasteiger partial charge on any atom is 0.159 e. The normalized spacial score (nSPS) is 43.1. The summed E-state index contributed by atoms with van der Waals surface area (Å²) in [5.41, 5.74) is 2.53. The first-order valence-corrected chi connectivity index (χ1v) is 9.03. The third-order valence-corrected chi connectivity index (χ3v) is 7.37. The lowest BCUT2D eigenvalue weighted by molar-refractivity contribution is -0.00842. The SMILES string of the molecule is COc1ccc(C2(C3CC45CC4CCC35)N=C(C)C(=S)N2)cc1. The van der Waals surface area contributed by atoms with Crippen LogP contribution in [0.3, 0.4) is 0 Å². The smallest absolute Gasteiger partial charge is 0.159 e. The first-order chi connectivity index (χ1) is 11.1. The lowest BCUT2D eigenvalue weighted by atomic mass is 9.56. The van der Waals surface area contributed by atoms with Crippen LogP contribution in [0.15, 0.2) is 29.3 Å². The Balaban J connectivity index is 1.56. The molecule has 3 nitrogen and oxygen atoms in total. The molecule has 5 unspecified atom stereocenters. The molecule has 0 bridgehead atoms. The topological polar surface area (TPSA) is 33.6 Å². The van der Waals surface area contributed by atoms with Crippen molar-refractivity contribution in [2.24, 2.45) is 28.2 Å². The van der Waals surface area contributed by atoms with Gasteiger partial charge in [0.05, 0.1) is 12.8 Å². The van der Waals surface area contributed by atoms with Gasteiger partial charge in [-0.1, -0.05) is 24.4 Å². The molecule has 4 aliphatic rings. The van der Waals surface area contributed by atoms with E-state index in [1.807, 2.05) is 19.1 Å². The molecule has 3 saturated carbocycles. The highest BCUT2D eigenvalue weighted by Crippen LogP contribution is 2.80. The van der Waals surface area contributed by atoms with Gasteiger partial charge >= 0.3 is 0 Å². The van der Waals surface area contributed by atoms with Crippen LogP contribution in [0.2, 0.25) is 0 Å². The Labute approximate surface area is 142 Å². The second-order valence-corrected chi connectivity index (χ2v) is 8.18. The van der Waals surface area contributed by atoms with E-state index in [1.54, 1.807) is 7.11 Å². The zero-order valence-electron chi connectivity index (χ0n) is 13.6. The van der Waals surface area contributed by atoms with E-state index in [4.69, 9.17) is 21.9 Å². The molecule has 23 heavy (non-hydrogen) atoms. The van der Waals surface area contributed by atoms with Crippen LogP contribution in [-0.2, 0) is 5.66 Å². The summed E-state index contributed by atoms with van der Waals surface area (Å²) in [5.74, 6) is 3.28. The number of hydrogen-bond donors (Lipinski definition) is 1. The van der Waals surface area contributed by atoms with E-state index >= 15 is 0 Å². The highest BCUT2D eigenvalue weighted by atomic mass is 32.1. The summed E-state index contributed by atoms with van der Waals surface area (Å²) < 4.78 is 5.32. The Morgan fingerprint density at radius 2 is 1.96 bits per heavy atom. The van der Waals surface area contributed by atoms with Crippen molar-refractivity contribution in [3.63, 3.8) is 0 Å². The summed E-state index contributed by atoms with van der Waals surface area (Å²) in [6.07, 6.45) is 5.56. The van der Waals surface area contributed by atoms with Crippen molar-refractivity contribution in [1.29, 1.82) is 0 Å². The standard InChI is InChI=1S/C19H22N2OS/c1-11-17(23)21-19(20-11,12-3-6-14(22-2)7-4-12)16-10-18-9-13(18)5-8-15(16)18/h3-4,6-7,13,15-16H,5,8-10H2,1-2H3,(H,21,23). The number of rotatable bonds is 3. The van der Waals surface area contributed by atoms with Gasteiger partial charge in [-0.3, -0.25) is 4.99 Å². The van der Waals surface area contributed by atoms with Gasteiger partial charge in [0.25, 0.3) is 0 Å². The Morgan fingerprint density at radius 3 is 2.52 bits per heavy atom. The van der Waals surface area contributed by atoms with E-state index in [0.29, 0.717) is 11.3 Å². The molecule has 5 rings (SSSR count). The van der Waals surface area contributed by atoms with Gasteiger partial charge in [-0.2, -0.15) is 0 Å². The number of benzene rings is 1. The van der Waals surface area contributed by atoms with Crippen LogP contribution in [0.5, 0.6) is 5.75 Å². The monoisotopic (exact) mass is 326 g/mol. The molecule has 1 aromatic carbocycles. The summed E-state index contributed by atoms with van der Waals surface area (Å²) in [4.78, 5) is 5.89. The molecule has 0 radical (unpaired) electrons. The van der Waals surface area contributed by atoms with Crippen LogP contribution in [0.25, 0.3) is 0 Å². The molecule has 120 valence electrons. The van der Waals surface area contributed by atoms with E-state index in [2.05, 4.69) is 17.4 Å². The Kier molecular flexibility index (Phi) is 2.64. The molecule has 1 N–H and O–H groups in total. The van der Waals surface area contributed by atoms with Gasteiger partial charge < -0.3 is 10.1 Å². The van der Waals surface area contributed by atoms with Crippen LogP contribution in [0, 0.1) is 23.2 Å². The quantitative estimate of drug-likeness (QED) is 0.860. The van der Waals surface area contributed by atoms with Crippen molar-refractivity contribution >= 4 is 22.9 Å². The molecule has 0 amide bonds. The molecule has 1 spiro atoms.